The second kappa shape index (κ2) is 8.37. The lowest BCUT2D eigenvalue weighted by molar-refractivity contribution is -0.125. The largest absolute Gasteiger partial charge is 0.339 e. The molecular weight excluding hydrogens is 404 g/mol. The molecule has 1 aromatic carbocycles. The molecule has 4 rings (SSSR count). The number of imide groups is 1. The summed E-state index contributed by atoms with van der Waals surface area (Å²) < 4.78 is 0. The average molecular weight is 435 g/mol. The molecule has 3 heterocycles. The van der Waals surface area contributed by atoms with Gasteiger partial charge in [0.15, 0.2) is 0 Å². The van der Waals surface area contributed by atoms with Gasteiger partial charge in [-0.1, -0.05) is 32.0 Å². The number of nitrogens with zero attached hydrogens (tertiary/aromatic N) is 2. The first-order chi connectivity index (χ1) is 15.2. The maximum absolute atomic E-state index is 13.1. The molecule has 2 fully saturated rings. The highest BCUT2D eigenvalue weighted by molar-refractivity contribution is 6.07. The van der Waals surface area contributed by atoms with Gasteiger partial charge >= 0.3 is 6.03 Å². The minimum atomic E-state index is -1.12. The van der Waals surface area contributed by atoms with Crippen molar-refractivity contribution in [3.05, 3.63) is 64.5 Å². The summed E-state index contributed by atoms with van der Waals surface area (Å²) in [6.07, 6.45) is 3.70. The zero-order valence-corrected chi connectivity index (χ0v) is 19.1. The van der Waals surface area contributed by atoms with Crippen LogP contribution in [0.4, 0.5) is 4.79 Å². The molecule has 0 aliphatic carbocycles. The van der Waals surface area contributed by atoms with Gasteiger partial charge in [-0.3, -0.25) is 19.9 Å². The summed E-state index contributed by atoms with van der Waals surface area (Å²) in [5.74, 6) is -0.147. The van der Waals surface area contributed by atoms with Crippen LogP contribution in [0.5, 0.6) is 0 Å². The van der Waals surface area contributed by atoms with E-state index in [0.29, 0.717) is 30.1 Å². The van der Waals surface area contributed by atoms with Crippen molar-refractivity contribution in [1.82, 2.24) is 20.5 Å². The van der Waals surface area contributed by atoms with Gasteiger partial charge in [0.05, 0.1) is 0 Å². The first-order valence-corrected chi connectivity index (χ1v) is 11.2. The van der Waals surface area contributed by atoms with Crippen LogP contribution in [0.1, 0.15) is 65.3 Å². The van der Waals surface area contributed by atoms with Gasteiger partial charge in [-0.15, -0.1) is 0 Å². The number of rotatable bonds is 4. The van der Waals surface area contributed by atoms with Crippen LogP contribution < -0.4 is 10.6 Å². The van der Waals surface area contributed by atoms with Crippen molar-refractivity contribution >= 4 is 17.8 Å². The highest BCUT2D eigenvalue weighted by Crippen LogP contribution is 2.33. The molecule has 1 aromatic heterocycles. The summed E-state index contributed by atoms with van der Waals surface area (Å²) in [5, 5.41) is 5.10. The van der Waals surface area contributed by atoms with Crippen molar-refractivity contribution in [2.75, 3.05) is 13.1 Å². The first-order valence-electron chi connectivity index (χ1n) is 11.2. The summed E-state index contributed by atoms with van der Waals surface area (Å²) in [7, 11) is 0. The fourth-order valence-electron chi connectivity index (χ4n) is 4.98. The highest BCUT2D eigenvalue weighted by Gasteiger charge is 2.50. The number of carbonyl (C=O) groups excluding carboxylic acids is 3. The van der Waals surface area contributed by atoms with E-state index in [2.05, 4.69) is 28.6 Å². The van der Waals surface area contributed by atoms with Crippen LogP contribution in [0.3, 0.4) is 0 Å². The maximum atomic E-state index is 13.1. The number of carbonyl (C=O) groups is 3. The molecule has 0 unspecified atom stereocenters. The van der Waals surface area contributed by atoms with Gasteiger partial charge in [-0.2, -0.15) is 0 Å². The van der Waals surface area contributed by atoms with Gasteiger partial charge in [-0.25, -0.2) is 4.79 Å². The van der Waals surface area contributed by atoms with Crippen LogP contribution in [0.25, 0.3) is 0 Å². The van der Waals surface area contributed by atoms with E-state index in [1.807, 2.05) is 31.9 Å². The van der Waals surface area contributed by atoms with Gasteiger partial charge in [0, 0.05) is 36.5 Å². The molecule has 0 bridgehead atoms. The Labute approximate surface area is 188 Å². The topological polar surface area (TPSA) is 91.4 Å². The number of pyridine rings is 1. The number of aromatic nitrogens is 1. The molecule has 1 atom stereocenters. The Morgan fingerprint density at radius 3 is 2.31 bits per heavy atom. The fourth-order valence-corrected chi connectivity index (χ4v) is 4.98. The molecule has 2 aliphatic rings. The maximum Gasteiger partial charge on any atom is 0.322 e. The highest BCUT2D eigenvalue weighted by atomic mass is 16.2. The monoisotopic (exact) mass is 434 g/mol. The minimum absolute atomic E-state index is 0.0120. The molecule has 2 N–H and O–H groups in total. The Morgan fingerprint density at radius 1 is 1.12 bits per heavy atom. The van der Waals surface area contributed by atoms with E-state index < -0.39 is 11.6 Å². The number of hydrogen-bond donors (Lipinski definition) is 2. The predicted molar refractivity (Wildman–Crippen MR) is 121 cm³/mol. The fraction of sp³-hybridized carbons (Fsp3) is 0.440. The van der Waals surface area contributed by atoms with E-state index in [0.717, 1.165) is 24.1 Å². The zero-order valence-electron chi connectivity index (χ0n) is 19.1. The normalized spacial score (nSPS) is 21.6. The Balaban J connectivity index is 1.46. The third-order valence-corrected chi connectivity index (χ3v) is 6.77. The van der Waals surface area contributed by atoms with E-state index in [4.69, 9.17) is 0 Å². The van der Waals surface area contributed by atoms with Gasteiger partial charge in [0.25, 0.3) is 11.8 Å². The summed E-state index contributed by atoms with van der Waals surface area (Å²) in [6.45, 7) is 9.30. The van der Waals surface area contributed by atoms with E-state index in [1.165, 1.54) is 5.56 Å². The molecule has 168 valence electrons. The number of amides is 4. The number of urea groups is 1. The third kappa shape index (κ3) is 3.76. The molecule has 32 heavy (non-hydrogen) atoms. The van der Waals surface area contributed by atoms with Crippen molar-refractivity contribution in [2.24, 2.45) is 5.92 Å². The molecule has 2 saturated heterocycles. The lowest BCUT2D eigenvalue weighted by Crippen LogP contribution is -2.48. The number of piperidine rings is 1. The quantitative estimate of drug-likeness (QED) is 0.722. The van der Waals surface area contributed by atoms with E-state index in [9.17, 15) is 14.4 Å². The van der Waals surface area contributed by atoms with Gasteiger partial charge in [0.1, 0.15) is 5.54 Å². The molecule has 2 aromatic rings. The van der Waals surface area contributed by atoms with Crippen LogP contribution in [0.15, 0.2) is 36.5 Å². The van der Waals surface area contributed by atoms with Crippen LogP contribution in [0.2, 0.25) is 0 Å². The van der Waals surface area contributed by atoms with Gasteiger partial charge in [-0.05, 0) is 61.4 Å². The van der Waals surface area contributed by atoms with E-state index in [1.54, 1.807) is 24.3 Å². The van der Waals surface area contributed by atoms with Crippen LogP contribution in [0, 0.1) is 19.8 Å². The summed E-state index contributed by atoms with van der Waals surface area (Å²) in [6, 6.07) is 8.70. The van der Waals surface area contributed by atoms with E-state index >= 15 is 0 Å². The van der Waals surface area contributed by atoms with Gasteiger partial charge in [0.2, 0.25) is 0 Å². The molecule has 4 amide bonds. The lowest BCUT2D eigenvalue weighted by atomic mass is 9.79. The molecule has 0 radical (unpaired) electrons. The first kappa shape index (κ1) is 22.0. The number of hydrogen-bond acceptors (Lipinski definition) is 4. The van der Waals surface area contributed by atoms with Crippen molar-refractivity contribution in [1.29, 1.82) is 0 Å². The van der Waals surface area contributed by atoms with Crippen LogP contribution >= 0.6 is 0 Å². The number of benzene rings is 1. The number of nitrogens with one attached hydrogen (secondary N) is 2. The van der Waals surface area contributed by atoms with Crippen LogP contribution in [-0.4, -0.2) is 40.8 Å². The molecular formula is C25H30N4O3. The summed E-state index contributed by atoms with van der Waals surface area (Å²) in [4.78, 5) is 43.9. The summed E-state index contributed by atoms with van der Waals surface area (Å²) >= 11 is 0. The number of likely N-dealkylation sites (tertiary alicyclic amines) is 1. The Bertz CT molecular complexity index is 1060. The Morgan fingerprint density at radius 2 is 1.78 bits per heavy atom. The molecule has 7 heteroatoms. The second-order valence-electron chi connectivity index (χ2n) is 9.23. The Hall–Kier alpha value is -3.22. The van der Waals surface area contributed by atoms with Crippen molar-refractivity contribution in [3.8, 4) is 0 Å². The Kier molecular flexibility index (Phi) is 5.75. The average Bonchev–Trinajstić information content (AvgIpc) is 3.08. The molecule has 2 aliphatic heterocycles. The van der Waals surface area contributed by atoms with E-state index in [-0.39, 0.29) is 17.7 Å². The van der Waals surface area contributed by atoms with Crippen molar-refractivity contribution < 1.29 is 14.4 Å². The molecule has 0 saturated carbocycles. The SMILES string of the molecule is Cc1cnc(C2CCN(C(=O)c3ccc([C@@]4(C(C)C)NC(=O)NC4=O)cc3)CC2)c(C)c1. The third-order valence-electron chi connectivity index (χ3n) is 6.77. The zero-order chi connectivity index (χ0) is 23.0. The minimum Gasteiger partial charge on any atom is -0.339 e. The predicted octanol–water partition coefficient (Wildman–Crippen LogP) is 3.41. The standard InChI is InChI=1S/C25H30N4O3/c1-15(2)25(23(31)27-24(32)28-25)20-7-5-19(6-8-20)22(30)29-11-9-18(10-12-29)21-17(4)13-16(3)14-26-21/h5-8,13-15,18H,9-12H2,1-4H3,(H2,27,28,31,32)/t25-/m1/s1. The molecule has 7 nitrogen and oxygen atoms in total. The molecule has 0 spiro atoms. The van der Waals surface area contributed by atoms with Crippen molar-refractivity contribution in [3.63, 3.8) is 0 Å². The lowest BCUT2D eigenvalue weighted by Gasteiger charge is -2.33. The van der Waals surface area contributed by atoms with Crippen LogP contribution in [-0.2, 0) is 10.3 Å². The van der Waals surface area contributed by atoms with Gasteiger partial charge < -0.3 is 10.2 Å². The van der Waals surface area contributed by atoms with Crippen molar-refractivity contribution in [2.45, 2.75) is 52.0 Å². The summed E-state index contributed by atoms with van der Waals surface area (Å²) in [5.41, 5.74) is 3.66. The number of aryl methyl sites for hydroxylation is 2. The smallest absolute Gasteiger partial charge is 0.322 e. The second-order valence-corrected chi connectivity index (χ2v) is 9.23.